The topological polar surface area (TPSA) is 129 Å². The second kappa shape index (κ2) is 6.33. The van der Waals surface area contributed by atoms with Crippen LogP contribution >= 0.6 is 0 Å². The van der Waals surface area contributed by atoms with Gasteiger partial charge in [0.2, 0.25) is 0 Å². The molecule has 0 aliphatic rings. The highest BCUT2D eigenvalue weighted by atomic mass is 32.2. The van der Waals surface area contributed by atoms with Crippen molar-refractivity contribution >= 4 is 27.2 Å². The third kappa shape index (κ3) is 4.50. The van der Waals surface area contributed by atoms with Crippen molar-refractivity contribution in [3.63, 3.8) is 0 Å². The van der Waals surface area contributed by atoms with Gasteiger partial charge in [-0.25, -0.2) is 8.42 Å². The molecule has 0 radical (unpaired) electrons. The number of benzene rings is 1. The van der Waals surface area contributed by atoms with E-state index in [4.69, 9.17) is 0 Å². The van der Waals surface area contributed by atoms with Gasteiger partial charge < -0.3 is 15.2 Å². The number of nitro groups is 1. The first-order chi connectivity index (χ1) is 9.21. The molecule has 0 bridgehead atoms. The van der Waals surface area contributed by atoms with Crippen molar-refractivity contribution in [2.24, 2.45) is 0 Å². The van der Waals surface area contributed by atoms with Gasteiger partial charge in [-0.15, -0.1) is 0 Å². The second-order valence-corrected chi connectivity index (χ2v) is 6.13. The van der Waals surface area contributed by atoms with Crippen LogP contribution in [0, 0.1) is 10.1 Å². The van der Waals surface area contributed by atoms with Gasteiger partial charge in [-0.3, -0.25) is 10.1 Å². The summed E-state index contributed by atoms with van der Waals surface area (Å²) in [5.74, 6) is -1.22. The molecule has 0 heterocycles. The fraction of sp³-hybridized carbons (Fsp3) is 0.364. The summed E-state index contributed by atoms with van der Waals surface area (Å²) in [7, 11) is -3.48. The average Bonchev–Trinajstić information content (AvgIpc) is 2.32. The molecule has 1 N–H and O–H groups in total. The van der Waals surface area contributed by atoms with Gasteiger partial charge in [-0.05, 0) is 25.0 Å². The van der Waals surface area contributed by atoms with E-state index in [1.165, 1.54) is 0 Å². The van der Waals surface area contributed by atoms with Gasteiger partial charge in [-0.1, -0.05) is 0 Å². The maximum Gasteiger partial charge on any atom is 0.292 e. The number of carboxylic acid groups (broad SMARTS) is 1. The van der Waals surface area contributed by atoms with Crippen LogP contribution in [-0.4, -0.2) is 32.1 Å². The van der Waals surface area contributed by atoms with E-state index in [2.05, 4.69) is 5.32 Å². The number of carboxylic acids is 1. The Morgan fingerprint density at radius 1 is 1.40 bits per heavy atom. The molecular weight excluding hydrogens is 288 g/mol. The minimum atomic E-state index is -3.48. The largest absolute Gasteiger partial charge is 0.550 e. The smallest absolute Gasteiger partial charge is 0.292 e. The van der Waals surface area contributed by atoms with Crippen LogP contribution in [0.5, 0.6) is 0 Å². The predicted molar refractivity (Wildman–Crippen MR) is 68.9 cm³/mol. The van der Waals surface area contributed by atoms with Gasteiger partial charge in [0, 0.05) is 24.8 Å². The van der Waals surface area contributed by atoms with E-state index in [1.54, 1.807) is 0 Å². The maximum absolute atomic E-state index is 11.4. The molecule has 110 valence electrons. The lowest BCUT2D eigenvalue weighted by Gasteiger charge is -2.09. The monoisotopic (exact) mass is 301 g/mol. The van der Waals surface area contributed by atoms with Gasteiger partial charge in [0.1, 0.15) is 5.69 Å². The van der Waals surface area contributed by atoms with Crippen LogP contribution in [0.15, 0.2) is 23.1 Å². The van der Waals surface area contributed by atoms with Crippen LogP contribution in [-0.2, 0) is 14.6 Å². The number of nitrogens with one attached hydrogen (secondary N) is 1. The molecule has 0 spiro atoms. The maximum atomic E-state index is 11.4. The molecule has 0 aliphatic heterocycles. The quantitative estimate of drug-likeness (QED) is 0.424. The Balaban J connectivity index is 2.95. The highest BCUT2D eigenvalue weighted by Gasteiger charge is 2.17. The zero-order chi connectivity index (χ0) is 15.3. The minimum absolute atomic E-state index is 0.0382. The first-order valence-electron chi connectivity index (χ1n) is 5.64. The Morgan fingerprint density at radius 2 is 2.05 bits per heavy atom. The molecular formula is C11H13N2O6S-. The molecule has 0 fully saturated rings. The molecule has 0 unspecified atom stereocenters. The van der Waals surface area contributed by atoms with Gasteiger partial charge >= 0.3 is 0 Å². The third-order valence-electron chi connectivity index (χ3n) is 2.47. The molecule has 0 aromatic heterocycles. The van der Waals surface area contributed by atoms with Gasteiger partial charge in [-0.2, -0.15) is 0 Å². The lowest BCUT2D eigenvalue weighted by molar-refractivity contribution is -0.384. The van der Waals surface area contributed by atoms with Crippen LogP contribution in [0.1, 0.15) is 12.8 Å². The van der Waals surface area contributed by atoms with Gasteiger partial charge in [0.15, 0.2) is 9.84 Å². The Kier molecular flexibility index (Phi) is 5.03. The van der Waals surface area contributed by atoms with Crippen molar-refractivity contribution < 1.29 is 23.2 Å². The van der Waals surface area contributed by atoms with E-state index < -0.39 is 20.7 Å². The fourth-order valence-corrected chi connectivity index (χ4v) is 2.15. The molecule has 0 aliphatic carbocycles. The normalized spacial score (nSPS) is 11.1. The summed E-state index contributed by atoms with van der Waals surface area (Å²) >= 11 is 0. The summed E-state index contributed by atoms with van der Waals surface area (Å²) in [5.41, 5.74) is -0.234. The number of nitro benzene ring substituents is 1. The summed E-state index contributed by atoms with van der Waals surface area (Å²) in [6, 6.07) is 3.41. The van der Waals surface area contributed by atoms with Crippen LogP contribution in [0.25, 0.3) is 0 Å². The standard InChI is InChI=1S/C11H14N2O6S/c1-20(18,19)8-4-5-10(13(16)17)9(7-8)12-6-2-3-11(14)15/h4-5,7,12H,2-3,6H2,1H3,(H,14,15)/p-1. The van der Waals surface area contributed by atoms with Crippen molar-refractivity contribution in [2.45, 2.75) is 17.7 Å². The lowest BCUT2D eigenvalue weighted by Crippen LogP contribution is -2.22. The molecule has 9 heteroatoms. The summed E-state index contributed by atoms with van der Waals surface area (Å²) < 4.78 is 22.8. The lowest BCUT2D eigenvalue weighted by atomic mass is 10.2. The van der Waals surface area contributed by atoms with Crippen molar-refractivity contribution in [1.82, 2.24) is 0 Å². The number of hydrogen-bond donors (Lipinski definition) is 1. The number of rotatable bonds is 7. The Hall–Kier alpha value is -2.16. The van der Waals surface area contributed by atoms with Crippen LogP contribution in [0.4, 0.5) is 11.4 Å². The number of sulfone groups is 1. The molecule has 1 aromatic rings. The van der Waals surface area contributed by atoms with Crippen LogP contribution in [0.2, 0.25) is 0 Å². The van der Waals surface area contributed by atoms with Crippen molar-refractivity contribution in [3.05, 3.63) is 28.3 Å². The van der Waals surface area contributed by atoms with E-state index in [0.29, 0.717) is 0 Å². The van der Waals surface area contributed by atoms with Gasteiger partial charge in [0.05, 0.1) is 9.82 Å². The predicted octanol–water partition coefficient (Wildman–Crippen LogP) is -0.0597. The summed E-state index contributed by atoms with van der Waals surface area (Å²) in [6.45, 7) is 0.155. The zero-order valence-corrected chi connectivity index (χ0v) is 11.5. The van der Waals surface area contributed by atoms with Gasteiger partial charge in [0.25, 0.3) is 5.69 Å². The summed E-state index contributed by atoms with van der Waals surface area (Å²) in [5, 5.41) is 23.7. The highest BCUT2D eigenvalue weighted by molar-refractivity contribution is 7.90. The number of nitrogens with zero attached hydrogens (tertiary/aromatic N) is 1. The van der Waals surface area contributed by atoms with E-state index in [-0.39, 0.29) is 35.7 Å². The van der Waals surface area contributed by atoms with Crippen LogP contribution < -0.4 is 10.4 Å². The first-order valence-corrected chi connectivity index (χ1v) is 7.53. The molecule has 8 nitrogen and oxygen atoms in total. The third-order valence-corrected chi connectivity index (χ3v) is 3.58. The van der Waals surface area contributed by atoms with Crippen LogP contribution in [0.3, 0.4) is 0 Å². The molecule has 20 heavy (non-hydrogen) atoms. The number of carbonyl (C=O) groups is 1. The minimum Gasteiger partial charge on any atom is -0.550 e. The average molecular weight is 301 g/mol. The number of aliphatic carboxylic acids is 1. The summed E-state index contributed by atoms with van der Waals surface area (Å²) in [4.78, 5) is 20.4. The SMILES string of the molecule is CS(=O)(=O)c1ccc([N+](=O)[O-])c(NCCCC(=O)[O-])c1. The number of carbonyl (C=O) groups excluding carboxylic acids is 1. The molecule has 0 atom stereocenters. The first kappa shape index (κ1) is 15.9. The Labute approximate surface area is 115 Å². The molecule has 0 saturated carbocycles. The molecule has 1 rings (SSSR count). The second-order valence-electron chi connectivity index (χ2n) is 4.11. The van der Waals surface area contributed by atoms with E-state index >= 15 is 0 Å². The number of anilines is 1. The van der Waals surface area contributed by atoms with E-state index in [0.717, 1.165) is 24.5 Å². The molecule has 0 amide bonds. The number of hydrogen-bond acceptors (Lipinski definition) is 7. The summed E-state index contributed by atoms with van der Waals surface area (Å²) in [6.07, 6.45) is 1.02. The van der Waals surface area contributed by atoms with Crippen molar-refractivity contribution in [2.75, 3.05) is 18.1 Å². The Bertz CT molecular complexity index is 626. The Morgan fingerprint density at radius 3 is 2.55 bits per heavy atom. The molecule has 1 aromatic carbocycles. The van der Waals surface area contributed by atoms with Crippen molar-refractivity contribution in [3.8, 4) is 0 Å². The fourth-order valence-electron chi connectivity index (χ4n) is 1.50. The zero-order valence-electron chi connectivity index (χ0n) is 10.7. The molecule has 0 saturated heterocycles. The van der Waals surface area contributed by atoms with Crippen molar-refractivity contribution in [1.29, 1.82) is 0 Å². The highest BCUT2D eigenvalue weighted by Crippen LogP contribution is 2.27. The van der Waals surface area contributed by atoms with E-state index in [1.807, 2.05) is 0 Å². The van der Waals surface area contributed by atoms with E-state index in [9.17, 15) is 28.4 Å².